The topological polar surface area (TPSA) is 98.3 Å². The number of hydrogen-bond acceptors (Lipinski definition) is 5. The molecule has 2 rings (SSSR count). The van der Waals surface area contributed by atoms with Gasteiger partial charge in [-0.3, -0.25) is 20.2 Å². The van der Waals surface area contributed by atoms with Crippen LogP contribution in [0.4, 0.5) is 44.7 Å². The van der Waals surface area contributed by atoms with Crippen LogP contribution in [0.2, 0.25) is 0 Å². The van der Waals surface area contributed by atoms with Crippen molar-refractivity contribution in [2.45, 2.75) is 6.18 Å². The molecule has 0 aliphatic rings. The van der Waals surface area contributed by atoms with Gasteiger partial charge in [0.15, 0.2) is 5.82 Å². The van der Waals surface area contributed by atoms with E-state index in [1.807, 2.05) is 5.32 Å². The number of alkyl halides is 3. The molecule has 0 fully saturated rings. The largest absolute Gasteiger partial charge is 0.418 e. The fourth-order valence-corrected chi connectivity index (χ4v) is 3.01. The second-order valence-corrected chi connectivity index (χ2v) is 6.46. The van der Waals surface area contributed by atoms with Crippen molar-refractivity contribution in [1.29, 1.82) is 0 Å². The average molecular weight is 521 g/mol. The molecule has 0 saturated heterocycles. The van der Waals surface area contributed by atoms with Crippen LogP contribution in [0.1, 0.15) is 5.56 Å². The van der Waals surface area contributed by atoms with E-state index in [1.165, 1.54) is 0 Å². The molecule has 0 aliphatic heterocycles. The maximum atomic E-state index is 13.9. The molecule has 1 N–H and O–H groups in total. The number of anilines is 2. The third-order valence-corrected chi connectivity index (χ3v) is 4.68. The van der Waals surface area contributed by atoms with Crippen LogP contribution < -0.4 is 5.32 Å². The van der Waals surface area contributed by atoms with Crippen molar-refractivity contribution in [3.63, 3.8) is 0 Å². The van der Waals surface area contributed by atoms with E-state index in [4.69, 9.17) is 0 Å². The zero-order valence-electron chi connectivity index (χ0n) is 12.4. The standard InChI is InChI=1S/C13H4Br2F5N3O4/c14-9-6(16)3-7(10(15)11(9)17)21-12-5(13(18,19)20)1-4(22(24)25)2-8(12)23(26)27/h1-3,21H. The lowest BCUT2D eigenvalue weighted by molar-refractivity contribution is -0.394. The minimum Gasteiger partial charge on any atom is -0.348 e. The maximum Gasteiger partial charge on any atom is 0.418 e. The van der Waals surface area contributed by atoms with E-state index in [0.717, 1.165) is 0 Å². The van der Waals surface area contributed by atoms with Crippen molar-refractivity contribution in [3.05, 3.63) is 64.6 Å². The van der Waals surface area contributed by atoms with E-state index >= 15 is 0 Å². The molecule has 14 heteroatoms. The lowest BCUT2D eigenvalue weighted by Gasteiger charge is -2.16. The highest BCUT2D eigenvalue weighted by Crippen LogP contribution is 2.45. The molecule has 0 saturated carbocycles. The molecule has 0 unspecified atom stereocenters. The molecule has 0 heterocycles. The molecule has 2 aromatic rings. The first-order chi connectivity index (χ1) is 12.3. The summed E-state index contributed by atoms with van der Waals surface area (Å²) in [5.74, 6) is -2.41. The molecule has 0 atom stereocenters. The van der Waals surface area contributed by atoms with Crippen LogP contribution in [0, 0.1) is 31.9 Å². The lowest BCUT2D eigenvalue weighted by atomic mass is 10.1. The number of nitro benzene ring substituents is 2. The van der Waals surface area contributed by atoms with Crippen molar-refractivity contribution in [2.75, 3.05) is 5.32 Å². The van der Waals surface area contributed by atoms with E-state index < -0.39 is 64.9 Å². The summed E-state index contributed by atoms with van der Waals surface area (Å²) in [6.07, 6.45) is -5.24. The van der Waals surface area contributed by atoms with Crippen LogP contribution in [0.5, 0.6) is 0 Å². The lowest BCUT2D eigenvalue weighted by Crippen LogP contribution is -2.12. The molecule has 0 aromatic heterocycles. The molecular weight excluding hydrogens is 517 g/mol. The molecule has 0 spiro atoms. The number of halogens is 7. The van der Waals surface area contributed by atoms with Crippen LogP contribution >= 0.6 is 31.9 Å². The van der Waals surface area contributed by atoms with Gasteiger partial charge in [-0.25, -0.2) is 8.78 Å². The maximum absolute atomic E-state index is 13.9. The Morgan fingerprint density at radius 1 is 0.963 bits per heavy atom. The van der Waals surface area contributed by atoms with Crippen molar-refractivity contribution in [2.24, 2.45) is 0 Å². The molecule has 0 radical (unpaired) electrons. The molecule has 27 heavy (non-hydrogen) atoms. The van der Waals surface area contributed by atoms with E-state index in [9.17, 15) is 42.2 Å². The summed E-state index contributed by atoms with van der Waals surface area (Å²) < 4.78 is 66.4. The van der Waals surface area contributed by atoms with Crippen molar-refractivity contribution in [3.8, 4) is 0 Å². The monoisotopic (exact) mass is 519 g/mol. The number of nitro groups is 2. The molecule has 0 bridgehead atoms. The van der Waals surface area contributed by atoms with Gasteiger partial charge in [0.1, 0.15) is 11.5 Å². The van der Waals surface area contributed by atoms with Crippen molar-refractivity contribution in [1.82, 2.24) is 0 Å². The van der Waals surface area contributed by atoms with Gasteiger partial charge in [0.25, 0.3) is 11.4 Å². The number of nitrogens with one attached hydrogen (secondary N) is 1. The summed E-state index contributed by atoms with van der Waals surface area (Å²) in [6, 6.07) is 0.967. The van der Waals surface area contributed by atoms with E-state index in [2.05, 4.69) is 31.9 Å². The summed E-state index contributed by atoms with van der Waals surface area (Å²) in [5.41, 5.74) is -6.03. The van der Waals surface area contributed by atoms with E-state index in [0.29, 0.717) is 12.1 Å². The Bertz CT molecular complexity index is 968. The molecular formula is C13H4Br2F5N3O4. The summed E-state index contributed by atoms with van der Waals surface area (Å²) in [7, 11) is 0. The number of hydrogen-bond donors (Lipinski definition) is 1. The van der Waals surface area contributed by atoms with Gasteiger partial charge in [0.05, 0.1) is 36.1 Å². The van der Waals surface area contributed by atoms with E-state index in [1.54, 1.807) is 0 Å². The second-order valence-electron chi connectivity index (χ2n) is 4.87. The van der Waals surface area contributed by atoms with Gasteiger partial charge in [0.2, 0.25) is 0 Å². The summed E-state index contributed by atoms with van der Waals surface area (Å²) >= 11 is 5.29. The van der Waals surface area contributed by atoms with Crippen LogP contribution in [-0.2, 0) is 6.18 Å². The predicted octanol–water partition coefficient (Wildman–Crippen LogP) is 6.07. The zero-order chi connectivity index (χ0) is 20.7. The Balaban J connectivity index is 2.80. The number of nitrogens with zero attached hydrogens (tertiary/aromatic N) is 2. The minimum atomic E-state index is -5.24. The third kappa shape index (κ3) is 4.16. The Morgan fingerprint density at radius 2 is 1.56 bits per heavy atom. The fourth-order valence-electron chi connectivity index (χ4n) is 2.01. The van der Waals surface area contributed by atoms with Gasteiger partial charge in [-0.1, -0.05) is 0 Å². The number of rotatable bonds is 4. The highest BCUT2D eigenvalue weighted by Gasteiger charge is 2.40. The van der Waals surface area contributed by atoms with Crippen LogP contribution in [-0.4, -0.2) is 9.85 Å². The first kappa shape index (κ1) is 21.0. The van der Waals surface area contributed by atoms with Gasteiger partial charge < -0.3 is 5.32 Å². The van der Waals surface area contributed by atoms with Crippen LogP contribution in [0.15, 0.2) is 27.1 Å². The molecule has 0 aliphatic carbocycles. The van der Waals surface area contributed by atoms with Gasteiger partial charge in [-0.15, -0.1) is 0 Å². The van der Waals surface area contributed by atoms with E-state index in [-0.39, 0.29) is 6.07 Å². The smallest absolute Gasteiger partial charge is 0.348 e. The van der Waals surface area contributed by atoms with Gasteiger partial charge in [-0.2, -0.15) is 13.2 Å². The molecule has 2 aromatic carbocycles. The van der Waals surface area contributed by atoms with Crippen LogP contribution in [0.25, 0.3) is 0 Å². The normalized spacial score (nSPS) is 11.4. The van der Waals surface area contributed by atoms with Crippen molar-refractivity contribution < 1.29 is 31.8 Å². The van der Waals surface area contributed by atoms with Gasteiger partial charge in [-0.05, 0) is 37.9 Å². The Labute approximate surface area is 162 Å². The minimum absolute atomic E-state index is 0.0782. The summed E-state index contributed by atoms with van der Waals surface area (Å²) in [5, 5.41) is 23.9. The fraction of sp³-hybridized carbons (Fsp3) is 0.0769. The molecule has 144 valence electrons. The van der Waals surface area contributed by atoms with Crippen molar-refractivity contribution >= 4 is 54.6 Å². The highest BCUT2D eigenvalue weighted by molar-refractivity contribution is 9.11. The Hall–Kier alpha value is -2.35. The van der Waals surface area contributed by atoms with Gasteiger partial charge >= 0.3 is 6.18 Å². The first-order valence-electron chi connectivity index (χ1n) is 6.48. The third-order valence-electron chi connectivity index (χ3n) is 3.18. The quantitative estimate of drug-likeness (QED) is 0.173. The highest BCUT2D eigenvalue weighted by atomic mass is 79.9. The van der Waals surface area contributed by atoms with Gasteiger partial charge in [0, 0.05) is 6.07 Å². The van der Waals surface area contributed by atoms with Crippen LogP contribution in [0.3, 0.4) is 0 Å². The summed E-state index contributed by atoms with van der Waals surface area (Å²) in [6.45, 7) is 0. The Morgan fingerprint density at radius 3 is 2.04 bits per heavy atom. The molecule has 0 amide bonds. The predicted molar refractivity (Wildman–Crippen MR) is 89.8 cm³/mol. The second kappa shape index (κ2) is 7.34. The SMILES string of the molecule is O=[N+]([O-])c1cc([N+](=O)[O-])c(Nc2cc(F)c(Br)c(F)c2Br)c(C(F)(F)F)c1. The first-order valence-corrected chi connectivity index (χ1v) is 8.07. The average Bonchev–Trinajstić information content (AvgIpc) is 2.56. The zero-order valence-corrected chi connectivity index (χ0v) is 15.6. The number of benzene rings is 2. The Kier molecular flexibility index (Phi) is 5.70. The molecule has 7 nitrogen and oxygen atoms in total. The summed E-state index contributed by atoms with van der Waals surface area (Å²) in [4.78, 5) is 19.4. The number of non-ortho nitro benzene ring substituents is 1.